The summed E-state index contributed by atoms with van der Waals surface area (Å²) in [4.78, 5) is 11.4. The van der Waals surface area contributed by atoms with E-state index in [9.17, 15) is 9.90 Å². The second kappa shape index (κ2) is 6.65. The minimum absolute atomic E-state index is 0.566. The fraction of sp³-hybridized carbons (Fsp3) is 0.769. The van der Waals surface area contributed by atoms with Crippen molar-refractivity contribution in [2.24, 2.45) is 5.41 Å². The van der Waals surface area contributed by atoms with Crippen LogP contribution in [0.1, 0.15) is 59.3 Å². The van der Waals surface area contributed by atoms with Crippen molar-refractivity contribution < 1.29 is 9.90 Å². The van der Waals surface area contributed by atoms with Gasteiger partial charge in [-0.3, -0.25) is 4.79 Å². The highest BCUT2D eigenvalue weighted by Gasteiger charge is 2.35. The minimum Gasteiger partial charge on any atom is -0.481 e. The molecule has 0 fully saturated rings. The summed E-state index contributed by atoms with van der Waals surface area (Å²) in [7, 11) is 0. The Hall–Kier alpha value is -0.790. The number of aliphatic carboxylic acids is 1. The van der Waals surface area contributed by atoms with E-state index in [1.807, 2.05) is 13.8 Å². The fourth-order valence-electron chi connectivity index (χ4n) is 1.84. The maximum Gasteiger partial charge on any atom is 0.309 e. The van der Waals surface area contributed by atoms with Crippen molar-refractivity contribution in [3.05, 3.63) is 12.2 Å². The van der Waals surface area contributed by atoms with Crippen LogP contribution in [0.2, 0.25) is 0 Å². The van der Waals surface area contributed by atoms with E-state index in [1.165, 1.54) is 0 Å². The molecule has 2 heteroatoms. The topological polar surface area (TPSA) is 37.3 Å². The Balaban J connectivity index is 4.64. The molecule has 0 aliphatic carbocycles. The van der Waals surface area contributed by atoms with Crippen molar-refractivity contribution in [2.45, 2.75) is 59.3 Å². The normalized spacial score (nSPS) is 14.6. The van der Waals surface area contributed by atoms with Gasteiger partial charge < -0.3 is 5.11 Å². The van der Waals surface area contributed by atoms with E-state index < -0.39 is 11.4 Å². The SMILES string of the molecule is C=C(CC)CC(CC)(CCCC)C(=O)O. The first-order chi connectivity index (χ1) is 7.02. The number of hydrogen-bond donors (Lipinski definition) is 1. The molecule has 0 aromatic heterocycles. The molecule has 0 spiro atoms. The lowest BCUT2D eigenvalue weighted by Crippen LogP contribution is -2.30. The zero-order chi connectivity index (χ0) is 11.9. The molecule has 0 saturated heterocycles. The minimum atomic E-state index is -0.659. The lowest BCUT2D eigenvalue weighted by molar-refractivity contribution is -0.149. The van der Waals surface area contributed by atoms with Gasteiger partial charge in [0.2, 0.25) is 0 Å². The van der Waals surface area contributed by atoms with E-state index in [2.05, 4.69) is 13.5 Å². The van der Waals surface area contributed by atoms with Gasteiger partial charge in [-0.2, -0.15) is 0 Å². The van der Waals surface area contributed by atoms with Crippen molar-refractivity contribution in [3.63, 3.8) is 0 Å². The summed E-state index contributed by atoms with van der Waals surface area (Å²) in [5.41, 5.74) is 0.485. The largest absolute Gasteiger partial charge is 0.481 e. The van der Waals surface area contributed by atoms with Crippen LogP contribution in [-0.4, -0.2) is 11.1 Å². The van der Waals surface area contributed by atoms with Crippen LogP contribution < -0.4 is 0 Å². The van der Waals surface area contributed by atoms with E-state index in [1.54, 1.807) is 0 Å². The third-order valence-corrected chi connectivity index (χ3v) is 3.23. The average molecular weight is 212 g/mol. The molecule has 0 heterocycles. The lowest BCUT2D eigenvalue weighted by Gasteiger charge is -2.28. The van der Waals surface area contributed by atoms with E-state index in [4.69, 9.17) is 0 Å². The molecule has 0 saturated carbocycles. The summed E-state index contributed by atoms with van der Waals surface area (Å²) >= 11 is 0. The van der Waals surface area contributed by atoms with E-state index in [0.717, 1.165) is 31.3 Å². The molecule has 1 unspecified atom stereocenters. The monoisotopic (exact) mass is 212 g/mol. The standard InChI is InChI=1S/C13H24O2/c1-5-8-9-13(7-3,12(14)15)10-11(4)6-2/h4-10H2,1-3H3,(H,14,15). The first-order valence-corrected chi connectivity index (χ1v) is 5.92. The maximum absolute atomic E-state index is 11.4. The molecule has 88 valence electrons. The Morgan fingerprint density at radius 1 is 1.33 bits per heavy atom. The van der Waals surface area contributed by atoms with Crippen molar-refractivity contribution >= 4 is 5.97 Å². The summed E-state index contributed by atoms with van der Waals surface area (Å²) in [5.74, 6) is -0.659. The quantitative estimate of drug-likeness (QED) is 0.617. The molecule has 0 aliphatic rings. The van der Waals surface area contributed by atoms with Crippen molar-refractivity contribution in [3.8, 4) is 0 Å². The highest BCUT2D eigenvalue weighted by molar-refractivity contribution is 5.75. The molecule has 0 aromatic carbocycles. The molecule has 0 aromatic rings. The molecule has 0 radical (unpaired) electrons. The van der Waals surface area contributed by atoms with Crippen molar-refractivity contribution in [2.75, 3.05) is 0 Å². The fourth-order valence-corrected chi connectivity index (χ4v) is 1.84. The zero-order valence-electron chi connectivity index (χ0n) is 10.3. The molecular formula is C13H24O2. The number of carbonyl (C=O) groups is 1. The summed E-state index contributed by atoms with van der Waals surface area (Å²) in [6.07, 6.45) is 5.01. The van der Waals surface area contributed by atoms with Gasteiger partial charge in [0.15, 0.2) is 0 Å². The Kier molecular flexibility index (Phi) is 6.30. The third-order valence-electron chi connectivity index (χ3n) is 3.23. The Morgan fingerprint density at radius 2 is 1.93 bits per heavy atom. The first-order valence-electron chi connectivity index (χ1n) is 5.92. The zero-order valence-corrected chi connectivity index (χ0v) is 10.3. The second-order valence-electron chi connectivity index (χ2n) is 4.32. The highest BCUT2D eigenvalue weighted by Crippen LogP contribution is 2.36. The van der Waals surface area contributed by atoms with Gasteiger partial charge in [-0.05, 0) is 25.7 Å². The van der Waals surface area contributed by atoms with Gasteiger partial charge in [0.05, 0.1) is 5.41 Å². The number of allylic oxidation sites excluding steroid dienone is 1. The molecule has 1 N–H and O–H groups in total. The van der Waals surface area contributed by atoms with Crippen LogP contribution in [0.15, 0.2) is 12.2 Å². The van der Waals surface area contributed by atoms with Crippen LogP contribution in [0.25, 0.3) is 0 Å². The van der Waals surface area contributed by atoms with Crippen molar-refractivity contribution in [1.82, 2.24) is 0 Å². The Bertz CT molecular complexity index is 221. The predicted octanol–water partition coefficient (Wildman–Crippen LogP) is 4.01. The average Bonchev–Trinajstić information content (AvgIpc) is 2.23. The van der Waals surface area contributed by atoms with E-state index in [0.29, 0.717) is 12.8 Å². The van der Waals surface area contributed by atoms with E-state index >= 15 is 0 Å². The van der Waals surface area contributed by atoms with Crippen molar-refractivity contribution in [1.29, 1.82) is 0 Å². The Morgan fingerprint density at radius 3 is 2.27 bits per heavy atom. The highest BCUT2D eigenvalue weighted by atomic mass is 16.4. The molecule has 2 nitrogen and oxygen atoms in total. The molecule has 0 bridgehead atoms. The smallest absolute Gasteiger partial charge is 0.309 e. The van der Waals surface area contributed by atoms with Gasteiger partial charge in [0.1, 0.15) is 0 Å². The summed E-state index contributed by atoms with van der Waals surface area (Å²) < 4.78 is 0. The third kappa shape index (κ3) is 4.06. The van der Waals surface area contributed by atoms with Crippen LogP contribution >= 0.6 is 0 Å². The predicted molar refractivity (Wildman–Crippen MR) is 63.9 cm³/mol. The van der Waals surface area contributed by atoms with Crippen LogP contribution in [0, 0.1) is 5.41 Å². The molecular weight excluding hydrogens is 188 g/mol. The van der Waals surface area contributed by atoms with Crippen LogP contribution in [0.4, 0.5) is 0 Å². The van der Waals surface area contributed by atoms with Crippen LogP contribution in [0.5, 0.6) is 0 Å². The summed E-state index contributed by atoms with van der Waals surface area (Å²) in [5, 5.41) is 9.35. The van der Waals surface area contributed by atoms with Crippen LogP contribution in [0.3, 0.4) is 0 Å². The number of carboxylic acid groups (broad SMARTS) is 1. The number of unbranched alkanes of at least 4 members (excludes halogenated alkanes) is 1. The van der Waals surface area contributed by atoms with Gasteiger partial charge in [-0.15, -0.1) is 0 Å². The number of rotatable bonds is 8. The van der Waals surface area contributed by atoms with Gasteiger partial charge in [-0.25, -0.2) is 0 Å². The van der Waals surface area contributed by atoms with E-state index in [-0.39, 0.29) is 0 Å². The number of carboxylic acids is 1. The molecule has 1 atom stereocenters. The number of hydrogen-bond acceptors (Lipinski definition) is 1. The van der Waals surface area contributed by atoms with Gasteiger partial charge >= 0.3 is 5.97 Å². The lowest BCUT2D eigenvalue weighted by atomic mass is 9.75. The molecule has 0 aliphatic heterocycles. The van der Waals surface area contributed by atoms with Crippen LogP contribution in [-0.2, 0) is 4.79 Å². The maximum atomic E-state index is 11.4. The first kappa shape index (κ1) is 14.2. The molecule has 0 amide bonds. The summed E-state index contributed by atoms with van der Waals surface area (Å²) in [6, 6.07) is 0. The van der Waals surface area contributed by atoms with Gasteiger partial charge in [0.25, 0.3) is 0 Å². The molecule has 0 rings (SSSR count). The Labute approximate surface area is 93.4 Å². The second-order valence-corrected chi connectivity index (χ2v) is 4.32. The molecule has 15 heavy (non-hydrogen) atoms. The van der Waals surface area contributed by atoms with Gasteiger partial charge in [-0.1, -0.05) is 45.8 Å². The van der Waals surface area contributed by atoms with Gasteiger partial charge in [0, 0.05) is 0 Å². The summed E-state index contributed by atoms with van der Waals surface area (Å²) in [6.45, 7) is 10.0.